The molecule has 0 fully saturated rings. The predicted octanol–water partition coefficient (Wildman–Crippen LogP) is 2.87. The Hall–Kier alpha value is -3.28. The summed E-state index contributed by atoms with van der Waals surface area (Å²) in [5.74, 6) is 1.07. The number of hydrogen-bond donors (Lipinski definition) is 2. The number of rotatable bonds is 6. The Morgan fingerprint density at radius 3 is 2.64 bits per heavy atom. The average molecular weight is 335 g/mol. The Morgan fingerprint density at radius 2 is 1.88 bits per heavy atom. The van der Waals surface area contributed by atoms with E-state index in [1.807, 2.05) is 53.3 Å². The van der Waals surface area contributed by atoms with E-state index in [4.69, 9.17) is 10.5 Å². The number of benzene rings is 2. The molecule has 0 saturated carbocycles. The second-order valence-electron chi connectivity index (χ2n) is 5.50. The van der Waals surface area contributed by atoms with Crippen molar-refractivity contribution in [1.82, 2.24) is 9.78 Å². The molecular weight excluding hydrogens is 314 g/mol. The highest BCUT2D eigenvalue weighted by molar-refractivity contribution is 5.93. The normalized spacial score (nSPS) is 11.3. The summed E-state index contributed by atoms with van der Waals surface area (Å²) < 4.78 is 7.19. The van der Waals surface area contributed by atoms with E-state index >= 15 is 0 Å². The van der Waals surface area contributed by atoms with Crippen LogP contribution in [0.15, 0.2) is 72.0 Å². The monoisotopic (exact) mass is 335 g/mol. The highest BCUT2D eigenvalue weighted by Gasteiger charge is 2.05. The number of nitrogens with one attached hydrogen (secondary N) is 1. The van der Waals surface area contributed by atoms with E-state index < -0.39 is 0 Å². The lowest BCUT2D eigenvalue weighted by Crippen LogP contribution is -2.23. The zero-order valence-electron chi connectivity index (χ0n) is 14.1. The molecule has 128 valence electrons. The van der Waals surface area contributed by atoms with Crippen molar-refractivity contribution in [3.05, 3.63) is 78.1 Å². The molecule has 25 heavy (non-hydrogen) atoms. The van der Waals surface area contributed by atoms with E-state index in [2.05, 4.69) is 27.5 Å². The maximum Gasteiger partial charge on any atom is 0.193 e. The van der Waals surface area contributed by atoms with Crippen molar-refractivity contribution in [3.8, 4) is 5.75 Å². The van der Waals surface area contributed by atoms with E-state index in [-0.39, 0.29) is 0 Å². The van der Waals surface area contributed by atoms with Crippen LogP contribution in [-0.2, 0) is 13.1 Å². The Morgan fingerprint density at radius 1 is 1.12 bits per heavy atom. The molecule has 0 unspecified atom stereocenters. The fourth-order valence-electron chi connectivity index (χ4n) is 2.53. The van der Waals surface area contributed by atoms with Crippen LogP contribution in [0.1, 0.15) is 11.1 Å². The SMILES string of the molecule is COc1ccccc1NC(N)=NCc1ccccc1Cn1cccn1. The molecule has 3 rings (SSSR count). The molecule has 0 aliphatic heterocycles. The van der Waals surface area contributed by atoms with Gasteiger partial charge in [-0.05, 0) is 29.3 Å². The molecule has 0 saturated heterocycles. The van der Waals surface area contributed by atoms with Crippen LogP contribution >= 0.6 is 0 Å². The number of para-hydroxylation sites is 2. The summed E-state index contributed by atoms with van der Waals surface area (Å²) in [5, 5.41) is 7.33. The van der Waals surface area contributed by atoms with Gasteiger partial charge in [-0.3, -0.25) is 4.68 Å². The molecule has 3 aromatic rings. The number of nitrogens with two attached hydrogens (primary N) is 1. The summed E-state index contributed by atoms with van der Waals surface area (Å²) in [7, 11) is 1.62. The molecule has 0 amide bonds. The zero-order chi connectivity index (χ0) is 17.5. The molecule has 0 aliphatic carbocycles. The number of aromatic nitrogens is 2. The minimum atomic E-state index is 0.346. The van der Waals surface area contributed by atoms with Gasteiger partial charge in [-0.1, -0.05) is 36.4 Å². The van der Waals surface area contributed by atoms with Crippen LogP contribution < -0.4 is 15.8 Å². The average Bonchev–Trinajstić information content (AvgIpc) is 3.14. The molecule has 0 bridgehead atoms. The molecule has 3 N–H and O–H groups in total. The molecule has 1 heterocycles. The van der Waals surface area contributed by atoms with Crippen molar-refractivity contribution in [2.45, 2.75) is 13.1 Å². The third-order valence-electron chi connectivity index (χ3n) is 3.80. The number of guanidine groups is 1. The van der Waals surface area contributed by atoms with Gasteiger partial charge in [0.05, 0.1) is 25.9 Å². The van der Waals surface area contributed by atoms with Crippen LogP contribution in [0.2, 0.25) is 0 Å². The van der Waals surface area contributed by atoms with Crippen molar-refractivity contribution < 1.29 is 4.74 Å². The lowest BCUT2D eigenvalue weighted by atomic mass is 10.1. The van der Waals surface area contributed by atoms with Gasteiger partial charge >= 0.3 is 0 Å². The van der Waals surface area contributed by atoms with Gasteiger partial charge in [0.1, 0.15) is 5.75 Å². The largest absolute Gasteiger partial charge is 0.495 e. The summed E-state index contributed by atoms with van der Waals surface area (Å²) >= 11 is 0. The quantitative estimate of drug-likeness (QED) is 0.536. The van der Waals surface area contributed by atoms with Gasteiger partial charge in [0.25, 0.3) is 0 Å². The minimum absolute atomic E-state index is 0.346. The van der Waals surface area contributed by atoms with Gasteiger partial charge < -0.3 is 15.8 Å². The molecular formula is C19H21N5O. The van der Waals surface area contributed by atoms with Crippen molar-refractivity contribution in [2.24, 2.45) is 10.7 Å². The Bertz CT molecular complexity index is 843. The maximum atomic E-state index is 6.03. The number of hydrogen-bond acceptors (Lipinski definition) is 3. The van der Waals surface area contributed by atoms with Gasteiger partial charge in [0.2, 0.25) is 0 Å². The van der Waals surface area contributed by atoms with Crippen LogP contribution in [0, 0.1) is 0 Å². The first-order valence-electron chi connectivity index (χ1n) is 8.00. The first-order valence-corrected chi connectivity index (χ1v) is 8.00. The molecule has 1 aromatic heterocycles. The molecule has 6 heteroatoms. The van der Waals surface area contributed by atoms with E-state index in [1.165, 1.54) is 5.56 Å². The van der Waals surface area contributed by atoms with E-state index in [1.54, 1.807) is 13.3 Å². The van der Waals surface area contributed by atoms with Gasteiger partial charge in [-0.25, -0.2) is 4.99 Å². The molecule has 2 aromatic carbocycles. The van der Waals surface area contributed by atoms with Crippen LogP contribution in [0.5, 0.6) is 5.75 Å². The van der Waals surface area contributed by atoms with Crippen LogP contribution in [0.25, 0.3) is 0 Å². The summed E-state index contributed by atoms with van der Waals surface area (Å²) in [6.45, 7) is 1.20. The standard InChI is InChI=1S/C19H21N5O/c1-25-18-10-5-4-9-17(18)23-19(20)21-13-15-7-2-3-8-16(15)14-24-12-6-11-22-24/h2-12H,13-14H2,1H3,(H3,20,21,23). The topological polar surface area (TPSA) is 77.5 Å². The van der Waals surface area contributed by atoms with Crippen LogP contribution in [0.3, 0.4) is 0 Å². The third kappa shape index (κ3) is 4.38. The second kappa shape index (κ2) is 8.01. The van der Waals surface area contributed by atoms with Gasteiger partial charge in [-0.15, -0.1) is 0 Å². The van der Waals surface area contributed by atoms with Crippen molar-refractivity contribution in [2.75, 3.05) is 12.4 Å². The van der Waals surface area contributed by atoms with Gasteiger partial charge in [0.15, 0.2) is 5.96 Å². The minimum Gasteiger partial charge on any atom is -0.495 e. The Balaban J connectivity index is 1.71. The molecule has 0 spiro atoms. The molecule has 0 atom stereocenters. The fourth-order valence-corrected chi connectivity index (χ4v) is 2.53. The van der Waals surface area contributed by atoms with Gasteiger partial charge in [0, 0.05) is 12.4 Å². The fraction of sp³-hybridized carbons (Fsp3) is 0.158. The Kier molecular flexibility index (Phi) is 5.31. The number of ether oxygens (including phenoxy) is 1. The summed E-state index contributed by atoms with van der Waals surface area (Å²) in [6, 6.07) is 17.6. The van der Waals surface area contributed by atoms with E-state index in [0.717, 1.165) is 17.0 Å². The number of aliphatic imine (C=N–C) groups is 1. The highest BCUT2D eigenvalue weighted by atomic mass is 16.5. The first kappa shape index (κ1) is 16.6. The summed E-state index contributed by atoms with van der Waals surface area (Å²) in [6.07, 6.45) is 3.72. The lowest BCUT2D eigenvalue weighted by molar-refractivity contribution is 0.417. The van der Waals surface area contributed by atoms with Crippen molar-refractivity contribution in [1.29, 1.82) is 0 Å². The van der Waals surface area contributed by atoms with Crippen LogP contribution in [0.4, 0.5) is 5.69 Å². The predicted molar refractivity (Wildman–Crippen MR) is 99.7 cm³/mol. The van der Waals surface area contributed by atoms with Crippen molar-refractivity contribution in [3.63, 3.8) is 0 Å². The highest BCUT2D eigenvalue weighted by Crippen LogP contribution is 2.22. The summed E-state index contributed by atoms with van der Waals surface area (Å²) in [5.41, 5.74) is 9.10. The molecule has 0 radical (unpaired) electrons. The van der Waals surface area contributed by atoms with E-state index in [0.29, 0.717) is 19.0 Å². The smallest absolute Gasteiger partial charge is 0.193 e. The van der Waals surface area contributed by atoms with E-state index in [9.17, 15) is 0 Å². The van der Waals surface area contributed by atoms with Crippen LogP contribution in [-0.4, -0.2) is 22.8 Å². The molecule has 6 nitrogen and oxygen atoms in total. The maximum absolute atomic E-state index is 6.03. The number of anilines is 1. The first-order chi connectivity index (χ1) is 12.3. The summed E-state index contributed by atoms with van der Waals surface area (Å²) in [4.78, 5) is 4.45. The Labute approximate surface area is 147 Å². The molecule has 0 aliphatic rings. The third-order valence-corrected chi connectivity index (χ3v) is 3.80. The zero-order valence-corrected chi connectivity index (χ0v) is 14.1. The lowest BCUT2D eigenvalue weighted by Gasteiger charge is -2.11. The number of nitrogens with zero attached hydrogens (tertiary/aromatic N) is 3. The number of methoxy groups -OCH3 is 1. The van der Waals surface area contributed by atoms with Crippen molar-refractivity contribution >= 4 is 11.6 Å². The second-order valence-corrected chi connectivity index (χ2v) is 5.50. The van der Waals surface area contributed by atoms with Gasteiger partial charge in [-0.2, -0.15) is 5.10 Å².